The Balaban J connectivity index is 1.63. The fourth-order valence-corrected chi connectivity index (χ4v) is 5.77. The van der Waals surface area contributed by atoms with Gasteiger partial charge in [0.1, 0.15) is 12.8 Å². The van der Waals surface area contributed by atoms with Crippen LogP contribution in [0.2, 0.25) is 0 Å². The monoisotopic (exact) mass is 422 g/mol. The molecule has 2 aliphatic heterocycles. The molecule has 6 rings (SSSR count). The Morgan fingerprint density at radius 2 is 2.10 bits per heavy atom. The van der Waals surface area contributed by atoms with Crippen molar-refractivity contribution in [3.8, 4) is 11.4 Å². The quantitative estimate of drug-likeness (QED) is 0.610. The number of hydrogen-bond donors (Lipinski definition) is 1. The Morgan fingerprint density at radius 3 is 2.87 bits per heavy atom. The minimum Gasteiger partial charge on any atom is -0.458 e. The summed E-state index contributed by atoms with van der Waals surface area (Å²) in [6.45, 7) is 3.82. The fourth-order valence-electron chi connectivity index (χ4n) is 5.77. The van der Waals surface area contributed by atoms with E-state index in [0.29, 0.717) is 29.1 Å². The van der Waals surface area contributed by atoms with Gasteiger partial charge in [0.25, 0.3) is 5.56 Å². The Bertz CT molecular complexity index is 1290. The van der Waals surface area contributed by atoms with Crippen molar-refractivity contribution < 1.29 is 19.0 Å². The minimum absolute atomic E-state index is 0.106. The topological polar surface area (TPSA) is 81.4 Å². The van der Waals surface area contributed by atoms with Crippen molar-refractivity contribution in [2.24, 2.45) is 0 Å². The molecule has 2 aromatic heterocycles. The molecule has 0 aromatic carbocycles. The first-order chi connectivity index (χ1) is 14.8. The first-order valence-electron chi connectivity index (χ1n) is 10.9. The Labute approximate surface area is 178 Å². The number of halogens is 1. The average Bonchev–Trinajstić information content (AvgIpc) is 3.14. The fraction of sp³-hybridized carbons (Fsp3) is 0.458. The van der Waals surface area contributed by atoms with Gasteiger partial charge in [0.15, 0.2) is 5.60 Å². The summed E-state index contributed by atoms with van der Waals surface area (Å²) in [6, 6.07) is 1.72. The van der Waals surface area contributed by atoms with Crippen molar-refractivity contribution in [2.45, 2.75) is 70.9 Å². The largest absolute Gasteiger partial charge is 0.458 e. The highest BCUT2D eigenvalue weighted by Crippen LogP contribution is 2.46. The van der Waals surface area contributed by atoms with Gasteiger partial charge in [-0.05, 0) is 55.4 Å². The summed E-state index contributed by atoms with van der Waals surface area (Å²) >= 11 is 0. The third-order valence-electron chi connectivity index (χ3n) is 7.56. The summed E-state index contributed by atoms with van der Waals surface area (Å²) < 4.78 is 21.5. The molecule has 2 atom stereocenters. The third-order valence-corrected chi connectivity index (χ3v) is 7.56. The number of cyclic esters (lactones) is 1. The first-order valence-corrected chi connectivity index (χ1v) is 10.9. The molecule has 4 aliphatic rings. The van der Waals surface area contributed by atoms with Crippen LogP contribution in [0.3, 0.4) is 0 Å². The van der Waals surface area contributed by atoms with Crippen LogP contribution in [0.5, 0.6) is 0 Å². The Kier molecular flexibility index (Phi) is 3.74. The minimum atomic E-state index is -1.84. The Hall–Kier alpha value is -2.80. The van der Waals surface area contributed by atoms with E-state index in [1.54, 1.807) is 17.6 Å². The summed E-state index contributed by atoms with van der Waals surface area (Å²) in [5.41, 5.74) is 5.70. The zero-order chi connectivity index (χ0) is 21.7. The van der Waals surface area contributed by atoms with E-state index in [9.17, 15) is 19.1 Å². The smallest absolute Gasteiger partial charge is 0.343 e. The van der Waals surface area contributed by atoms with Gasteiger partial charge < -0.3 is 14.4 Å². The van der Waals surface area contributed by atoms with Gasteiger partial charge in [0, 0.05) is 23.1 Å². The molecule has 7 heteroatoms. The van der Waals surface area contributed by atoms with Crippen LogP contribution in [0, 0.1) is 0 Å². The molecule has 1 N–H and O–H groups in total. The van der Waals surface area contributed by atoms with Crippen molar-refractivity contribution in [1.82, 2.24) is 9.55 Å². The number of carbonyl (C=O) groups excluding carboxylic acids is 1. The zero-order valence-electron chi connectivity index (χ0n) is 17.5. The molecule has 0 radical (unpaired) electrons. The molecule has 0 spiro atoms. The maximum absolute atomic E-state index is 14.7. The van der Waals surface area contributed by atoms with E-state index in [1.165, 1.54) is 5.56 Å². The van der Waals surface area contributed by atoms with Crippen molar-refractivity contribution >= 4 is 11.5 Å². The second kappa shape index (κ2) is 6.13. The molecule has 6 nitrogen and oxygen atoms in total. The van der Waals surface area contributed by atoms with Crippen molar-refractivity contribution in [1.29, 1.82) is 0 Å². The maximum atomic E-state index is 14.7. The number of fused-ring (bicyclic) bond motifs is 5. The molecule has 1 unspecified atom stereocenters. The maximum Gasteiger partial charge on any atom is 0.343 e. The summed E-state index contributed by atoms with van der Waals surface area (Å²) in [5, 5.41) is 11.0. The molecule has 31 heavy (non-hydrogen) atoms. The molecule has 4 heterocycles. The van der Waals surface area contributed by atoms with Crippen molar-refractivity contribution in [3.63, 3.8) is 0 Å². The molecule has 160 valence electrons. The summed E-state index contributed by atoms with van der Waals surface area (Å²) in [4.78, 5) is 30.5. The predicted molar refractivity (Wildman–Crippen MR) is 111 cm³/mol. The van der Waals surface area contributed by atoms with Gasteiger partial charge >= 0.3 is 5.97 Å². The number of carbonyl (C=O) groups is 1. The number of rotatable bonds is 1. The number of pyridine rings is 2. The van der Waals surface area contributed by atoms with Crippen LogP contribution in [0.15, 0.2) is 16.4 Å². The van der Waals surface area contributed by atoms with E-state index in [-0.39, 0.29) is 25.0 Å². The van der Waals surface area contributed by atoms with Gasteiger partial charge in [0.05, 0.1) is 29.2 Å². The molecule has 0 fully saturated rings. The summed E-state index contributed by atoms with van der Waals surface area (Å²) in [7, 11) is 0. The lowest BCUT2D eigenvalue weighted by molar-refractivity contribution is -0.172. The molecule has 0 amide bonds. The summed E-state index contributed by atoms with van der Waals surface area (Å²) in [6.07, 6.45) is 1.99. The van der Waals surface area contributed by atoms with Gasteiger partial charge in [-0.3, -0.25) is 9.78 Å². The molecule has 2 aliphatic carbocycles. The molecule has 0 saturated carbocycles. The van der Waals surface area contributed by atoms with E-state index >= 15 is 0 Å². The van der Waals surface area contributed by atoms with E-state index in [1.807, 2.05) is 6.92 Å². The number of hydrogen-bond acceptors (Lipinski definition) is 5. The van der Waals surface area contributed by atoms with E-state index < -0.39 is 17.7 Å². The van der Waals surface area contributed by atoms with Crippen molar-refractivity contribution in [2.75, 3.05) is 0 Å². The molecule has 2 aromatic rings. The number of aliphatic hydroxyl groups is 1. The molecular formula is C24H23FN2O4. The standard InChI is InChI=1S/C24H23FN2O4/c1-3-24(30)16-7-19-21-14(9-27(19)22(28)15(16)10-31-23(24)29)13-6-4-5-12-11(2)17(25)8-18(26-21)20(12)13/h7,17,30H,3-6,8-10H2,1-2H3/t17?,24-/m0/s1. The average molecular weight is 422 g/mol. The molecule has 0 saturated heterocycles. The predicted octanol–water partition coefficient (Wildman–Crippen LogP) is 2.93. The SMILES string of the molecule is CC[C@@]1(O)C(=O)OCc2c1cc1n(c2=O)Cc2c-1nc1c3c2CCCC3=C(C)C(F)C1. The normalized spacial score (nSPS) is 25.5. The van der Waals surface area contributed by atoms with Crippen LogP contribution in [-0.4, -0.2) is 26.8 Å². The van der Waals surface area contributed by atoms with Crippen LogP contribution in [-0.2, 0) is 41.1 Å². The van der Waals surface area contributed by atoms with E-state index in [0.717, 1.165) is 47.2 Å². The van der Waals surface area contributed by atoms with Crippen molar-refractivity contribution in [3.05, 3.63) is 55.5 Å². The number of nitrogens with zero attached hydrogens (tertiary/aromatic N) is 2. The highest BCUT2D eigenvalue weighted by atomic mass is 19.1. The number of allylic oxidation sites excluding steroid dienone is 2. The van der Waals surface area contributed by atoms with E-state index in [4.69, 9.17) is 9.72 Å². The van der Waals surface area contributed by atoms with E-state index in [2.05, 4.69) is 0 Å². The lowest BCUT2D eigenvalue weighted by Crippen LogP contribution is -2.44. The number of esters is 1. The number of ether oxygens (including phenoxy) is 1. The number of aromatic nitrogens is 2. The lowest BCUT2D eigenvalue weighted by atomic mass is 9.76. The van der Waals surface area contributed by atoms with Gasteiger partial charge in [-0.15, -0.1) is 0 Å². The van der Waals surface area contributed by atoms with Gasteiger partial charge in [-0.2, -0.15) is 0 Å². The van der Waals surface area contributed by atoms with Crippen LogP contribution < -0.4 is 5.56 Å². The molecule has 0 bridgehead atoms. The van der Waals surface area contributed by atoms with Crippen LogP contribution >= 0.6 is 0 Å². The lowest BCUT2D eigenvalue weighted by Gasteiger charge is -2.32. The number of alkyl halides is 1. The van der Waals surface area contributed by atoms with Gasteiger partial charge in [-0.1, -0.05) is 6.92 Å². The summed E-state index contributed by atoms with van der Waals surface area (Å²) in [5.74, 6) is -0.732. The van der Waals surface area contributed by atoms with Gasteiger partial charge in [0.2, 0.25) is 0 Å². The van der Waals surface area contributed by atoms with Crippen LogP contribution in [0.25, 0.3) is 17.0 Å². The first kappa shape index (κ1) is 18.9. The van der Waals surface area contributed by atoms with Crippen LogP contribution in [0.4, 0.5) is 4.39 Å². The highest BCUT2D eigenvalue weighted by molar-refractivity contribution is 5.85. The van der Waals surface area contributed by atoms with Crippen LogP contribution in [0.1, 0.15) is 66.6 Å². The van der Waals surface area contributed by atoms with Gasteiger partial charge in [-0.25, -0.2) is 9.18 Å². The zero-order valence-corrected chi connectivity index (χ0v) is 17.5. The highest BCUT2D eigenvalue weighted by Gasteiger charge is 2.46. The Morgan fingerprint density at radius 1 is 1.29 bits per heavy atom. The third kappa shape index (κ3) is 2.27. The second-order valence-electron chi connectivity index (χ2n) is 9.03. The second-order valence-corrected chi connectivity index (χ2v) is 9.03. The molecular weight excluding hydrogens is 399 g/mol.